The second-order valence-corrected chi connectivity index (χ2v) is 12.5. The van der Waals surface area contributed by atoms with Crippen LogP contribution in [-0.4, -0.2) is 51.0 Å². The molecule has 0 saturated heterocycles. The van der Waals surface area contributed by atoms with Gasteiger partial charge in [0.25, 0.3) is 11.5 Å². The van der Waals surface area contributed by atoms with Gasteiger partial charge in [-0.1, -0.05) is 6.07 Å². The highest BCUT2D eigenvalue weighted by molar-refractivity contribution is 6.07. The number of ether oxygens (including phenoxy) is 1. The number of hydrogen-bond donors (Lipinski definition) is 1. The average Bonchev–Trinajstić information content (AvgIpc) is 3.42. The molecular weight excluding hydrogens is 587 g/mol. The van der Waals surface area contributed by atoms with E-state index in [1.54, 1.807) is 11.9 Å². The van der Waals surface area contributed by atoms with Gasteiger partial charge in [-0.3, -0.25) is 14.4 Å². The lowest BCUT2D eigenvalue weighted by atomic mass is 9.98. The second kappa shape index (κ2) is 11.9. The van der Waals surface area contributed by atoms with E-state index >= 15 is 4.39 Å². The van der Waals surface area contributed by atoms with Gasteiger partial charge in [0.15, 0.2) is 5.82 Å². The number of rotatable bonds is 6. The van der Waals surface area contributed by atoms with Crippen molar-refractivity contribution in [3.63, 3.8) is 0 Å². The topological polar surface area (TPSA) is 102 Å². The monoisotopic (exact) mass is 624 g/mol. The van der Waals surface area contributed by atoms with Crippen molar-refractivity contribution in [1.29, 1.82) is 0 Å². The predicted molar refractivity (Wildman–Crippen MR) is 173 cm³/mol. The van der Waals surface area contributed by atoms with E-state index in [4.69, 9.17) is 4.74 Å². The van der Waals surface area contributed by atoms with Crippen molar-refractivity contribution in [2.45, 2.75) is 58.7 Å². The number of amides is 1. The van der Waals surface area contributed by atoms with Crippen LogP contribution < -0.4 is 15.8 Å². The number of likely N-dealkylation sites (N-methyl/N-ethyl adjacent to an activating group) is 1. The number of carbonyl (C=O) groups is 2. The first-order chi connectivity index (χ1) is 22.2. The zero-order valence-corrected chi connectivity index (χ0v) is 26.4. The van der Waals surface area contributed by atoms with E-state index < -0.39 is 11.8 Å². The predicted octanol–water partition coefficient (Wildman–Crippen LogP) is 4.72. The van der Waals surface area contributed by atoms with E-state index in [-0.39, 0.29) is 23.9 Å². The zero-order chi connectivity index (χ0) is 32.1. The summed E-state index contributed by atoms with van der Waals surface area (Å²) in [4.78, 5) is 47.7. The molecule has 0 atom stereocenters. The number of halogens is 1. The molecule has 2 aliphatic heterocycles. The minimum Gasteiger partial charge on any atom is -0.461 e. The van der Waals surface area contributed by atoms with Crippen molar-refractivity contribution in [2.24, 2.45) is 7.05 Å². The van der Waals surface area contributed by atoms with Crippen LogP contribution in [0.1, 0.15) is 58.2 Å². The molecule has 2 aromatic carbocycles. The molecule has 0 saturated carbocycles. The van der Waals surface area contributed by atoms with Gasteiger partial charge in [0, 0.05) is 68.9 Å². The minimum atomic E-state index is -0.575. The summed E-state index contributed by atoms with van der Waals surface area (Å²) in [5.74, 6) is -1.23. The molecule has 1 aliphatic carbocycles. The Morgan fingerprint density at radius 2 is 1.80 bits per heavy atom. The van der Waals surface area contributed by atoms with Crippen LogP contribution in [0.5, 0.6) is 0 Å². The van der Waals surface area contributed by atoms with Gasteiger partial charge in [0.1, 0.15) is 18.1 Å². The number of carbonyl (C=O) groups excluding carboxylic acids is 2. The third-order valence-electron chi connectivity index (χ3n) is 9.34. The SMILES string of the molecule is CC(=O)OCc1c(-c2cn(C)c(=O)c(Nc3ccc4c(c3)CCN(C)C4)n2)cc(F)cc1N1CCn2c(cc3c2CCCC3)C1=O. The molecule has 1 N–H and O–H groups in total. The molecule has 46 heavy (non-hydrogen) atoms. The van der Waals surface area contributed by atoms with Crippen molar-refractivity contribution >= 4 is 29.1 Å². The Morgan fingerprint density at radius 3 is 2.63 bits per heavy atom. The van der Waals surface area contributed by atoms with Gasteiger partial charge in [0.05, 0.1) is 11.4 Å². The van der Waals surface area contributed by atoms with Gasteiger partial charge >= 0.3 is 5.97 Å². The molecule has 10 nitrogen and oxygen atoms in total. The lowest BCUT2D eigenvalue weighted by Crippen LogP contribution is -2.41. The maximum Gasteiger partial charge on any atom is 0.302 e. The number of hydrogen-bond acceptors (Lipinski definition) is 7. The van der Waals surface area contributed by atoms with E-state index in [9.17, 15) is 14.4 Å². The van der Waals surface area contributed by atoms with Crippen molar-refractivity contribution in [2.75, 3.05) is 30.4 Å². The zero-order valence-electron chi connectivity index (χ0n) is 26.4. The molecule has 0 bridgehead atoms. The van der Waals surface area contributed by atoms with Gasteiger partial charge < -0.3 is 29.0 Å². The summed E-state index contributed by atoms with van der Waals surface area (Å²) in [6, 6.07) is 10.6. The lowest BCUT2D eigenvalue weighted by Gasteiger charge is -2.32. The fourth-order valence-corrected chi connectivity index (χ4v) is 7.01. The van der Waals surface area contributed by atoms with Crippen LogP contribution >= 0.6 is 0 Å². The number of anilines is 3. The number of aryl methyl sites for hydroxylation is 2. The molecule has 238 valence electrons. The first-order valence-electron chi connectivity index (χ1n) is 15.8. The van der Waals surface area contributed by atoms with E-state index in [1.165, 1.54) is 52.2 Å². The maximum absolute atomic E-state index is 15.5. The summed E-state index contributed by atoms with van der Waals surface area (Å²) in [7, 11) is 3.70. The summed E-state index contributed by atoms with van der Waals surface area (Å²) >= 11 is 0. The number of nitrogens with one attached hydrogen (secondary N) is 1. The Hall–Kier alpha value is -4.77. The van der Waals surface area contributed by atoms with Crippen LogP contribution in [0.2, 0.25) is 0 Å². The summed E-state index contributed by atoms with van der Waals surface area (Å²) in [6.07, 6.45) is 6.53. The number of benzene rings is 2. The van der Waals surface area contributed by atoms with Crippen molar-refractivity contribution in [3.8, 4) is 11.3 Å². The standard InChI is InChI=1S/C35H37FN6O4/c1-21(43)46-20-28-27(16-25(36)17-31(28)42-13-12-41-30-7-5-4-6-23(30)15-32(41)34(42)44)29-19-40(3)35(45)33(38-29)37-26-9-8-24-18-39(2)11-10-22(24)14-26/h8-9,14-17,19H,4-7,10-13,18,20H2,1-3H3,(H,37,38). The van der Waals surface area contributed by atoms with Crippen LogP contribution in [0, 0.1) is 5.82 Å². The van der Waals surface area contributed by atoms with E-state index in [2.05, 4.69) is 32.9 Å². The highest BCUT2D eigenvalue weighted by Gasteiger charge is 2.32. The molecule has 4 heterocycles. The highest BCUT2D eigenvalue weighted by Crippen LogP contribution is 2.36. The number of esters is 1. The Balaban J connectivity index is 1.29. The number of fused-ring (bicyclic) bond motifs is 4. The van der Waals surface area contributed by atoms with Crippen LogP contribution in [-0.2, 0) is 55.5 Å². The van der Waals surface area contributed by atoms with Crippen molar-refractivity contribution in [3.05, 3.63) is 92.4 Å². The minimum absolute atomic E-state index is 0.0783. The fraction of sp³-hybridized carbons (Fsp3) is 0.371. The van der Waals surface area contributed by atoms with Crippen LogP contribution in [0.3, 0.4) is 0 Å². The van der Waals surface area contributed by atoms with Crippen molar-refractivity contribution in [1.82, 2.24) is 19.0 Å². The second-order valence-electron chi connectivity index (χ2n) is 12.5. The van der Waals surface area contributed by atoms with Gasteiger partial charge in [-0.25, -0.2) is 9.37 Å². The molecule has 0 fully saturated rings. The molecule has 4 aromatic rings. The summed E-state index contributed by atoms with van der Waals surface area (Å²) in [5, 5.41) is 3.18. The molecule has 0 unspecified atom stereocenters. The highest BCUT2D eigenvalue weighted by atomic mass is 19.1. The molecule has 0 radical (unpaired) electrons. The van der Waals surface area contributed by atoms with Gasteiger partial charge in [-0.15, -0.1) is 0 Å². The molecule has 11 heteroatoms. The smallest absolute Gasteiger partial charge is 0.302 e. The molecule has 3 aliphatic rings. The molecule has 1 amide bonds. The van der Waals surface area contributed by atoms with E-state index in [0.717, 1.165) is 50.9 Å². The summed E-state index contributed by atoms with van der Waals surface area (Å²) < 4.78 is 24.4. The first-order valence-corrected chi connectivity index (χ1v) is 15.8. The third kappa shape index (κ3) is 5.49. The largest absolute Gasteiger partial charge is 0.461 e. The average molecular weight is 625 g/mol. The molecule has 0 spiro atoms. The van der Waals surface area contributed by atoms with Gasteiger partial charge in [-0.2, -0.15) is 0 Å². The normalized spacial score (nSPS) is 16.1. The Labute approximate surface area is 266 Å². The number of aromatic nitrogens is 3. The third-order valence-corrected chi connectivity index (χ3v) is 9.34. The fourth-order valence-electron chi connectivity index (χ4n) is 7.01. The van der Waals surface area contributed by atoms with Crippen LogP contribution in [0.4, 0.5) is 21.6 Å². The molecule has 2 aromatic heterocycles. The lowest BCUT2D eigenvalue weighted by molar-refractivity contribution is -0.142. The maximum atomic E-state index is 15.5. The Morgan fingerprint density at radius 1 is 0.978 bits per heavy atom. The van der Waals surface area contributed by atoms with E-state index in [0.29, 0.717) is 41.3 Å². The van der Waals surface area contributed by atoms with Crippen LogP contribution in [0.25, 0.3) is 11.3 Å². The Kier molecular flexibility index (Phi) is 7.72. The number of nitrogens with zero attached hydrogens (tertiary/aromatic N) is 5. The molecule has 7 rings (SSSR count). The summed E-state index contributed by atoms with van der Waals surface area (Å²) in [5.41, 5.74) is 7.24. The van der Waals surface area contributed by atoms with E-state index in [1.807, 2.05) is 18.2 Å². The van der Waals surface area contributed by atoms with Crippen LogP contribution in [0.15, 0.2) is 47.4 Å². The Bertz CT molecular complexity index is 1950. The van der Waals surface area contributed by atoms with Gasteiger partial charge in [-0.05, 0) is 86.2 Å². The first kappa shape index (κ1) is 29.9. The molecular formula is C35H37FN6O4. The quantitative estimate of drug-likeness (QED) is 0.310. The van der Waals surface area contributed by atoms with Crippen molar-refractivity contribution < 1.29 is 18.7 Å². The summed E-state index contributed by atoms with van der Waals surface area (Å²) in [6.45, 7) is 3.84. The van der Waals surface area contributed by atoms with Gasteiger partial charge in [0.2, 0.25) is 0 Å².